The number of carbonyl (C=O) groups is 1. The average molecular weight is 402 g/mol. The Morgan fingerprint density at radius 1 is 1.26 bits per heavy atom. The van der Waals surface area contributed by atoms with E-state index in [4.69, 9.17) is 0 Å². The largest absolute Gasteiger partial charge is 0.349 e. The number of nitrogens with zero attached hydrogens (tertiary/aromatic N) is 2. The first-order valence-electron chi connectivity index (χ1n) is 9.02. The Balaban J connectivity index is 1.66. The van der Waals surface area contributed by atoms with E-state index in [1.165, 1.54) is 28.7 Å². The van der Waals surface area contributed by atoms with Crippen molar-refractivity contribution in [2.45, 2.75) is 44.9 Å². The van der Waals surface area contributed by atoms with Crippen LogP contribution in [0.2, 0.25) is 0 Å². The number of fused-ring (bicyclic) bond motifs is 1. The molecule has 7 heteroatoms. The second-order valence-corrected chi connectivity index (χ2v) is 8.11. The Kier molecular flexibility index (Phi) is 6.34. The van der Waals surface area contributed by atoms with Crippen molar-refractivity contribution in [1.29, 1.82) is 0 Å². The number of aryl methyl sites for hydroxylation is 1. The lowest BCUT2D eigenvalue weighted by Gasteiger charge is -2.15. The molecule has 0 fully saturated rings. The van der Waals surface area contributed by atoms with Crippen LogP contribution in [0.3, 0.4) is 0 Å². The Morgan fingerprint density at radius 2 is 2.00 bits per heavy atom. The topological polar surface area (TPSA) is 64.0 Å². The molecule has 1 N–H and O–H groups in total. The highest BCUT2D eigenvalue weighted by Crippen LogP contribution is 2.21. The van der Waals surface area contributed by atoms with Crippen molar-refractivity contribution in [2.24, 2.45) is 0 Å². The molecule has 0 radical (unpaired) electrons. The molecule has 3 aromatic rings. The summed E-state index contributed by atoms with van der Waals surface area (Å²) in [5, 5.41) is 5.47. The predicted octanol–water partition coefficient (Wildman–Crippen LogP) is 4.01. The van der Waals surface area contributed by atoms with E-state index in [0.29, 0.717) is 21.9 Å². The monoisotopic (exact) mass is 401 g/mol. The fraction of sp³-hybridized carbons (Fsp3) is 0.350. The smallest absolute Gasteiger partial charge is 0.272 e. The van der Waals surface area contributed by atoms with Crippen LogP contribution in [0, 0.1) is 0 Å². The van der Waals surface area contributed by atoms with Crippen LogP contribution in [-0.4, -0.2) is 21.2 Å². The van der Waals surface area contributed by atoms with Gasteiger partial charge in [-0.1, -0.05) is 43.0 Å². The Labute approximate surface area is 166 Å². The molecule has 1 amide bonds. The number of aromatic nitrogens is 2. The quantitative estimate of drug-likeness (QED) is 0.480. The summed E-state index contributed by atoms with van der Waals surface area (Å²) in [4.78, 5) is 29.4. The number of nitrogens with one attached hydrogen (secondary N) is 1. The standard InChI is InChI=1S/C20H23N3O2S2/c1-4-14-6-8-15(9-7-14)13(3)21-17(24)12-27-20-22-16-10-11-26-18(16)19(25)23(20)5-2/h6-11,13H,4-5,12H2,1-3H3,(H,21,24). The highest BCUT2D eigenvalue weighted by atomic mass is 32.2. The zero-order valence-electron chi connectivity index (χ0n) is 15.7. The van der Waals surface area contributed by atoms with Crippen molar-refractivity contribution >= 4 is 39.2 Å². The van der Waals surface area contributed by atoms with E-state index in [9.17, 15) is 9.59 Å². The van der Waals surface area contributed by atoms with Gasteiger partial charge in [-0.3, -0.25) is 14.2 Å². The summed E-state index contributed by atoms with van der Waals surface area (Å²) in [6, 6.07) is 10.1. The van der Waals surface area contributed by atoms with Gasteiger partial charge in [-0.2, -0.15) is 0 Å². The van der Waals surface area contributed by atoms with Crippen molar-refractivity contribution < 1.29 is 4.79 Å². The van der Waals surface area contributed by atoms with Gasteiger partial charge in [0, 0.05) is 6.54 Å². The van der Waals surface area contributed by atoms with Gasteiger partial charge in [0.25, 0.3) is 5.56 Å². The van der Waals surface area contributed by atoms with Crippen molar-refractivity contribution in [2.75, 3.05) is 5.75 Å². The molecule has 0 aliphatic carbocycles. The molecule has 1 atom stereocenters. The molecule has 0 aliphatic heterocycles. The van der Waals surface area contributed by atoms with Gasteiger partial charge >= 0.3 is 0 Å². The normalized spacial score (nSPS) is 12.3. The van der Waals surface area contributed by atoms with Gasteiger partial charge in [-0.05, 0) is 42.8 Å². The molecule has 3 rings (SSSR count). The molecule has 2 aromatic heterocycles. The molecule has 0 saturated carbocycles. The number of hydrogen-bond acceptors (Lipinski definition) is 5. The third kappa shape index (κ3) is 4.42. The Bertz CT molecular complexity index is 993. The van der Waals surface area contributed by atoms with Crippen LogP contribution in [0.5, 0.6) is 0 Å². The Morgan fingerprint density at radius 3 is 2.67 bits per heavy atom. The minimum Gasteiger partial charge on any atom is -0.349 e. The zero-order chi connectivity index (χ0) is 19.4. The maximum absolute atomic E-state index is 12.5. The van der Waals surface area contributed by atoms with Crippen LogP contribution in [-0.2, 0) is 17.8 Å². The molecule has 1 unspecified atom stereocenters. The summed E-state index contributed by atoms with van der Waals surface area (Å²) in [5.41, 5.74) is 3.01. The molecule has 0 bridgehead atoms. The highest BCUT2D eigenvalue weighted by molar-refractivity contribution is 7.99. The lowest BCUT2D eigenvalue weighted by atomic mass is 10.1. The minimum atomic E-state index is -0.0746. The first kappa shape index (κ1) is 19.6. The number of benzene rings is 1. The first-order valence-corrected chi connectivity index (χ1v) is 10.9. The minimum absolute atomic E-state index is 0.0372. The maximum Gasteiger partial charge on any atom is 0.272 e. The molecule has 0 spiro atoms. The van der Waals surface area contributed by atoms with Crippen LogP contribution >= 0.6 is 23.1 Å². The van der Waals surface area contributed by atoms with Crippen LogP contribution < -0.4 is 10.9 Å². The molecule has 0 saturated heterocycles. The summed E-state index contributed by atoms with van der Waals surface area (Å²) in [5.74, 6) is 0.147. The summed E-state index contributed by atoms with van der Waals surface area (Å²) < 4.78 is 2.29. The van der Waals surface area contributed by atoms with Crippen LogP contribution in [0.25, 0.3) is 10.2 Å². The lowest BCUT2D eigenvalue weighted by Crippen LogP contribution is -2.29. The highest BCUT2D eigenvalue weighted by Gasteiger charge is 2.14. The summed E-state index contributed by atoms with van der Waals surface area (Å²) in [6.45, 7) is 6.54. The third-order valence-corrected chi connectivity index (χ3v) is 6.31. The molecule has 27 heavy (non-hydrogen) atoms. The summed E-state index contributed by atoms with van der Waals surface area (Å²) >= 11 is 2.70. The number of amides is 1. The molecule has 5 nitrogen and oxygen atoms in total. The SMILES string of the molecule is CCc1ccc(C(C)NC(=O)CSc2nc3ccsc3c(=O)n2CC)cc1. The van der Waals surface area contributed by atoms with E-state index >= 15 is 0 Å². The van der Waals surface area contributed by atoms with Gasteiger partial charge in [0.05, 0.1) is 17.3 Å². The van der Waals surface area contributed by atoms with E-state index in [-0.39, 0.29) is 23.3 Å². The van der Waals surface area contributed by atoms with E-state index in [2.05, 4.69) is 41.5 Å². The van der Waals surface area contributed by atoms with Gasteiger partial charge in [-0.25, -0.2) is 4.98 Å². The van der Waals surface area contributed by atoms with Gasteiger partial charge in [0.15, 0.2) is 5.16 Å². The molecular formula is C20H23N3O2S2. The number of thioether (sulfide) groups is 1. The Hall–Kier alpha value is -2.12. The molecule has 1 aromatic carbocycles. The lowest BCUT2D eigenvalue weighted by molar-refractivity contribution is -0.119. The van der Waals surface area contributed by atoms with Gasteiger partial charge < -0.3 is 5.32 Å². The van der Waals surface area contributed by atoms with Gasteiger partial charge in [0.1, 0.15) is 4.70 Å². The molecule has 2 heterocycles. The number of thiophene rings is 1. The zero-order valence-corrected chi connectivity index (χ0v) is 17.3. The van der Waals surface area contributed by atoms with Gasteiger partial charge in [-0.15, -0.1) is 11.3 Å². The van der Waals surface area contributed by atoms with E-state index in [1.807, 2.05) is 25.3 Å². The number of carbonyl (C=O) groups excluding carboxylic acids is 1. The van der Waals surface area contributed by atoms with Gasteiger partial charge in [0.2, 0.25) is 5.91 Å². The molecular weight excluding hydrogens is 378 g/mol. The van der Waals surface area contributed by atoms with Crippen LogP contribution in [0.15, 0.2) is 45.7 Å². The summed E-state index contributed by atoms with van der Waals surface area (Å²) in [6.07, 6.45) is 0.998. The van der Waals surface area contributed by atoms with Crippen molar-refractivity contribution in [3.8, 4) is 0 Å². The fourth-order valence-electron chi connectivity index (χ4n) is 2.85. The second-order valence-electron chi connectivity index (χ2n) is 6.25. The van der Waals surface area contributed by atoms with Crippen LogP contribution in [0.1, 0.15) is 37.9 Å². The number of hydrogen-bond donors (Lipinski definition) is 1. The van der Waals surface area contributed by atoms with E-state index in [0.717, 1.165) is 12.0 Å². The maximum atomic E-state index is 12.5. The first-order chi connectivity index (χ1) is 13.0. The predicted molar refractivity (Wildman–Crippen MR) is 113 cm³/mol. The van der Waals surface area contributed by atoms with E-state index in [1.54, 1.807) is 4.57 Å². The van der Waals surface area contributed by atoms with Crippen molar-refractivity contribution in [3.63, 3.8) is 0 Å². The molecule has 142 valence electrons. The van der Waals surface area contributed by atoms with Crippen molar-refractivity contribution in [3.05, 3.63) is 57.2 Å². The third-order valence-electron chi connectivity index (χ3n) is 4.44. The fourth-order valence-corrected chi connectivity index (χ4v) is 4.50. The van der Waals surface area contributed by atoms with Crippen LogP contribution in [0.4, 0.5) is 0 Å². The number of rotatable bonds is 7. The van der Waals surface area contributed by atoms with Crippen molar-refractivity contribution in [1.82, 2.24) is 14.9 Å². The average Bonchev–Trinajstić information content (AvgIpc) is 3.15. The second kappa shape index (κ2) is 8.71. The summed E-state index contributed by atoms with van der Waals surface area (Å²) in [7, 11) is 0. The van der Waals surface area contributed by atoms with E-state index < -0.39 is 0 Å². The molecule has 0 aliphatic rings.